The fraction of sp³-hybridized carbons (Fsp3) is 0.333. The fourth-order valence-electron chi connectivity index (χ4n) is 3.70. The van der Waals surface area contributed by atoms with Gasteiger partial charge in [0.05, 0.1) is 10.2 Å². The Morgan fingerprint density at radius 3 is 2.52 bits per heavy atom. The van der Waals surface area contributed by atoms with E-state index in [2.05, 4.69) is 23.5 Å². The van der Waals surface area contributed by atoms with Crippen LogP contribution in [0.4, 0.5) is 5.69 Å². The molecule has 4 rings (SSSR count). The van der Waals surface area contributed by atoms with Crippen LogP contribution in [0.2, 0.25) is 0 Å². The summed E-state index contributed by atoms with van der Waals surface area (Å²) >= 11 is 1.80. The molecule has 2 aromatic carbocycles. The summed E-state index contributed by atoms with van der Waals surface area (Å²) in [6, 6.07) is 18.0. The van der Waals surface area contributed by atoms with Gasteiger partial charge in [0.2, 0.25) is 0 Å². The lowest BCUT2D eigenvalue weighted by atomic mass is 10.2. The van der Waals surface area contributed by atoms with E-state index in [0.717, 1.165) is 43.9 Å². The molecule has 0 saturated carbocycles. The summed E-state index contributed by atoms with van der Waals surface area (Å²) in [5, 5.41) is 4.24. The number of carbonyl (C=O) groups is 1. The Labute approximate surface area is 163 Å². The zero-order valence-electron chi connectivity index (χ0n) is 15.6. The van der Waals surface area contributed by atoms with Gasteiger partial charge >= 0.3 is 0 Å². The second-order valence-corrected chi connectivity index (χ2v) is 8.35. The molecule has 140 valence electrons. The van der Waals surface area contributed by atoms with Crippen molar-refractivity contribution in [3.63, 3.8) is 0 Å². The molecule has 1 atom stereocenters. The molecule has 1 aliphatic heterocycles. The highest BCUT2D eigenvalue weighted by molar-refractivity contribution is 7.18. The van der Waals surface area contributed by atoms with E-state index in [1.54, 1.807) is 16.2 Å². The number of benzene rings is 2. The molecule has 0 radical (unpaired) electrons. The third-order valence-corrected chi connectivity index (χ3v) is 6.42. The lowest BCUT2D eigenvalue weighted by Crippen LogP contribution is -3.29. The van der Waals surface area contributed by atoms with Crippen molar-refractivity contribution in [1.82, 2.24) is 4.98 Å². The van der Waals surface area contributed by atoms with Gasteiger partial charge in [0.1, 0.15) is 37.7 Å². The highest BCUT2D eigenvalue weighted by Gasteiger charge is 2.31. The minimum Gasteiger partial charge on any atom is -0.321 e. The summed E-state index contributed by atoms with van der Waals surface area (Å²) in [5.74, 6) is 0.103. The number of piperazine rings is 1. The minimum absolute atomic E-state index is 0.0331. The fourth-order valence-corrected chi connectivity index (χ4v) is 4.74. The minimum atomic E-state index is -0.0331. The van der Waals surface area contributed by atoms with E-state index in [4.69, 9.17) is 4.98 Å². The Hall–Kier alpha value is -2.28. The maximum Gasteiger partial charge on any atom is 0.282 e. The predicted octanol–water partition coefficient (Wildman–Crippen LogP) is 0.607. The topological polar surface area (TPSA) is 50.9 Å². The number of hydrogen-bond acceptors (Lipinski definition) is 3. The maximum absolute atomic E-state index is 12.5. The summed E-state index contributed by atoms with van der Waals surface area (Å²) < 4.78 is 1.27. The third kappa shape index (κ3) is 4.35. The number of para-hydroxylation sites is 2. The van der Waals surface area contributed by atoms with Crippen molar-refractivity contribution < 1.29 is 14.6 Å². The van der Waals surface area contributed by atoms with Gasteiger partial charge in [-0.2, -0.15) is 0 Å². The maximum atomic E-state index is 12.5. The zero-order chi connectivity index (χ0) is 18.6. The summed E-state index contributed by atoms with van der Waals surface area (Å²) in [6.45, 7) is 7.21. The molecule has 0 spiro atoms. The monoisotopic (exact) mass is 382 g/mol. The zero-order valence-corrected chi connectivity index (χ0v) is 16.4. The largest absolute Gasteiger partial charge is 0.321 e. The van der Waals surface area contributed by atoms with Crippen molar-refractivity contribution in [2.75, 3.05) is 31.5 Å². The van der Waals surface area contributed by atoms with Crippen LogP contribution in [0.25, 0.3) is 10.2 Å². The van der Waals surface area contributed by atoms with Gasteiger partial charge in [0.25, 0.3) is 5.91 Å². The van der Waals surface area contributed by atoms with Crippen molar-refractivity contribution in [1.29, 1.82) is 0 Å². The first kappa shape index (κ1) is 18.1. The average molecular weight is 383 g/mol. The Kier molecular flexibility index (Phi) is 5.48. The molecule has 0 aliphatic carbocycles. The molecule has 1 amide bonds. The van der Waals surface area contributed by atoms with Crippen LogP contribution in [-0.2, 0) is 11.3 Å². The normalized spacial score (nSPS) is 21.1. The highest BCUT2D eigenvalue weighted by Crippen LogP contribution is 2.20. The number of aromatic nitrogens is 1. The average Bonchev–Trinajstić information content (AvgIpc) is 3.11. The van der Waals surface area contributed by atoms with Crippen LogP contribution in [0.1, 0.15) is 11.9 Å². The first-order valence-corrected chi connectivity index (χ1v) is 10.4. The van der Waals surface area contributed by atoms with E-state index in [0.29, 0.717) is 0 Å². The van der Waals surface area contributed by atoms with Crippen LogP contribution in [0.15, 0.2) is 54.6 Å². The van der Waals surface area contributed by atoms with Crippen LogP contribution < -0.4 is 15.1 Å². The molecule has 1 fully saturated rings. The number of quaternary nitrogens is 2. The molecular weight excluding hydrogens is 356 g/mol. The standard InChI is InChI=1S/C21H24N4OS/c1-16(21(26)22-17-7-3-2-4-8-17)25-13-11-24(12-14-25)15-20-23-18-9-5-6-10-19(18)27-20/h2-10,16H,11-15H2,1H3,(H,22,26)/p+2/t16-/m0/s1. The first-order chi connectivity index (χ1) is 13.2. The van der Waals surface area contributed by atoms with E-state index in [1.165, 1.54) is 14.6 Å². The molecule has 5 nitrogen and oxygen atoms in total. The van der Waals surface area contributed by atoms with Crippen LogP contribution in [-0.4, -0.2) is 43.1 Å². The van der Waals surface area contributed by atoms with Gasteiger partial charge in [-0.15, -0.1) is 11.3 Å². The van der Waals surface area contributed by atoms with E-state index < -0.39 is 0 Å². The molecule has 3 N–H and O–H groups in total. The molecule has 6 heteroatoms. The van der Waals surface area contributed by atoms with Crippen LogP contribution >= 0.6 is 11.3 Å². The molecule has 0 bridgehead atoms. The SMILES string of the molecule is C[C@@H](C(=O)Nc1ccccc1)[NH+]1CC[NH+](Cc2nc3ccccc3s2)CC1. The number of anilines is 1. The van der Waals surface area contributed by atoms with Gasteiger partial charge in [-0.05, 0) is 31.2 Å². The lowest BCUT2D eigenvalue weighted by Gasteiger charge is -2.32. The number of thiazole rings is 1. The quantitative estimate of drug-likeness (QED) is 0.606. The first-order valence-electron chi connectivity index (χ1n) is 9.57. The van der Waals surface area contributed by atoms with Crippen molar-refractivity contribution in [3.05, 3.63) is 59.6 Å². The number of amides is 1. The second kappa shape index (κ2) is 8.17. The summed E-state index contributed by atoms with van der Waals surface area (Å²) in [4.78, 5) is 20.2. The Morgan fingerprint density at radius 1 is 1.07 bits per heavy atom. The molecule has 1 aliphatic rings. The van der Waals surface area contributed by atoms with Crippen molar-refractivity contribution in [2.24, 2.45) is 0 Å². The number of fused-ring (bicyclic) bond motifs is 1. The summed E-state index contributed by atoms with van der Waals surface area (Å²) in [6.07, 6.45) is 0. The molecule has 27 heavy (non-hydrogen) atoms. The Morgan fingerprint density at radius 2 is 1.78 bits per heavy atom. The second-order valence-electron chi connectivity index (χ2n) is 7.24. The third-order valence-electron chi connectivity index (χ3n) is 5.39. The summed E-state index contributed by atoms with van der Waals surface area (Å²) in [5.41, 5.74) is 1.97. The highest BCUT2D eigenvalue weighted by atomic mass is 32.1. The molecule has 2 heterocycles. The van der Waals surface area contributed by atoms with Crippen molar-refractivity contribution in [3.8, 4) is 0 Å². The van der Waals surface area contributed by atoms with Gasteiger partial charge in [0.15, 0.2) is 6.04 Å². The van der Waals surface area contributed by atoms with Gasteiger partial charge in [0, 0.05) is 5.69 Å². The molecule has 1 aromatic heterocycles. The molecule has 1 saturated heterocycles. The predicted molar refractivity (Wildman–Crippen MR) is 109 cm³/mol. The number of hydrogen-bond donors (Lipinski definition) is 3. The van der Waals surface area contributed by atoms with Gasteiger partial charge in [-0.1, -0.05) is 30.3 Å². The van der Waals surface area contributed by atoms with Gasteiger partial charge in [-0.3, -0.25) is 4.79 Å². The number of nitrogens with zero attached hydrogens (tertiary/aromatic N) is 1. The molecule has 3 aromatic rings. The number of carbonyl (C=O) groups excluding carboxylic acids is 1. The Balaban J connectivity index is 1.29. The van der Waals surface area contributed by atoms with E-state index in [1.807, 2.05) is 43.3 Å². The van der Waals surface area contributed by atoms with Crippen LogP contribution in [0, 0.1) is 0 Å². The van der Waals surface area contributed by atoms with E-state index >= 15 is 0 Å². The van der Waals surface area contributed by atoms with Crippen LogP contribution in [0.3, 0.4) is 0 Å². The van der Waals surface area contributed by atoms with E-state index in [9.17, 15) is 4.79 Å². The van der Waals surface area contributed by atoms with Gasteiger partial charge < -0.3 is 15.1 Å². The lowest BCUT2D eigenvalue weighted by molar-refractivity contribution is -1.02. The van der Waals surface area contributed by atoms with Crippen LogP contribution in [0.5, 0.6) is 0 Å². The van der Waals surface area contributed by atoms with Crippen molar-refractivity contribution in [2.45, 2.75) is 19.5 Å². The van der Waals surface area contributed by atoms with Crippen molar-refractivity contribution >= 4 is 33.1 Å². The summed E-state index contributed by atoms with van der Waals surface area (Å²) in [7, 11) is 0. The van der Waals surface area contributed by atoms with Gasteiger partial charge in [-0.25, -0.2) is 4.98 Å². The smallest absolute Gasteiger partial charge is 0.282 e. The molecule has 0 unspecified atom stereocenters. The van der Waals surface area contributed by atoms with E-state index in [-0.39, 0.29) is 11.9 Å². The Bertz CT molecular complexity index is 870. The number of nitrogens with one attached hydrogen (secondary N) is 3. The molecular formula is C21H26N4OS+2. The number of rotatable bonds is 5.